The third kappa shape index (κ3) is 2.96. The summed E-state index contributed by atoms with van der Waals surface area (Å²) in [5.74, 6) is -2.75. The van der Waals surface area contributed by atoms with Crippen LogP contribution in [-0.4, -0.2) is 28.6 Å². The van der Waals surface area contributed by atoms with Crippen molar-refractivity contribution in [1.82, 2.24) is 4.98 Å². The summed E-state index contributed by atoms with van der Waals surface area (Å²) in [4.78, 5) is 24.9. The molecular formula is C10H8F3NO4. The average molecular weight is 263 g/mol. The molecule has 98 valence electrons. The number of carboxylic acid groups (broad SMARTS) is 1. The van der Waals surface area contributed by atoms with Gasteiger partial charge in [-0.1, -0.05) is 0 Å². The van der Waals surface area contributed by atoms with Crippen molar-refractivity contribution in [3.05, 3.63) is 29.1 Å². The summed E-state index contributed by atoms with van der Waals surface area (Å²) in [6.45, 7) is 1.52. The largest absolute Gasteiger partial charge is 0.478 e. The predicted molar refractivity (Wildman–Crippen MR) is 52.2 cm³/mol. The van der Waals surface area contributed by atoms with Crippen molar-refractivity contribution in [2.45, 2.75) is 13.1 Å². The Hall–Kier alpha value is -2.12. The van der Waals surface area contributed by atoms with E-state index in [2.05, 4.69) is 9.72 Å². The molecule has 0 aliphatic heterocycles. The first-order chi connectivity index (χ1) is 8.27. The van der Waals surface area contributed by atoms with E-state index in [-0.39, 0.29) is 12.2 Å². The Morgan fingerprint density at radius 1 is 1.44 bits per heavy atom. The number of halogens is 3. The highest BCUT2D eigenvalue weighted by molar-refractivity contribution is 5.95. The molecule has 8 heteroatoms. The molecule has 0 radical (unpaired) electrons. The molecule has 0 amide bonds. The number of rotatable bonds is 3. The molecule has 5 nitrogen and oxygen atoms in total. The highest BCUT2D eigenvalue weighted by Crippen LogP contribution is 2.30. The number of nitrogens with zero attached hydrogens (tertiary/aromatic N) is 1. The molecule has 0 fully saturated rings. The molecular weight excluding hydrogens is 255 g/mol. The molecule has 0 atom stereocenters. The lowest BCUT2D eigenvalue weighted by Crippen LogP contribution is -2.17. The summed E-state index contributed by atoms with van der Waals surface area (Å²) < 4.78 is 41.9. The van der Waals surface area contributed by atoms with Gasteiger partial charge in [-0.3, -0.25) is 4.98 Å². The SMILES string of the molecule is CCOC(=O)c1cnc(C(F)(F)F)c(C(=O)O)c1. The van der Waals surface area contributed by atoms with Gasteiger partial charge in [-0.05, 0) is 13.0 Å². The van der Waals surface area contributed by atoms with Gasteiger partial charge in [0.25, 0.3) is 0 Å². The quantitative estimate of drug-likeness (QED) is 0.844. The topological polar surface area (TPSA) is 76.5 Å². The van der Waals surface area contributed by atoms with Crippen molar-refractivity contribution < 1.29 is 32.6 Å². The van der Waals surface area contributed by atoms with Gasteiger partial charge in [0.15, 0.2) is 5.69 Å². The van der Waals surface area contributed by atoms with Gasteiger partial charge in [-0.15, -0.1) is 0 Å². The second-order valence-electron chi connectivity index (χ2n) is 3.14. The van der Waals surface area contributed by atoms with Crippen LogP contribution in [0.4, 0.5) is 13.2 Å². The Balaban J connectivity index is 3.28. The fraction of sp³-hybridized carbons (Fsp3) is 0.300. The van der Waals surface area contributed by atoms with Crippen LogP contribution in [0.1, 0.15) is 33.3 Å². The number of carbonyl (C=O) groups excluding carboxylic acids is 1. The van der Waals surface area contributed by atoms with Gasteiger partial charge in [-0.25, -0.2) is 9.59 Å². The van der Waals surface area contributed by atoms with Crippen LogP contribution in [0, 0.1) is 0 Å². The minimum absolute atomic E-state index is 0.0161. The van der Waals surface area contributed by atoms with Gasteiger partial charge in [-0.2, -0.15) is 13.2 Å². The standard InChI is InChI=1S/C10H8F3NO4/c1-2-18-9(17)5-3-6(8(15)16)7(14-4-5)10(11,12)13/h3-4H,2H2,1H3,(H,15,16). The van der Waals surface area contributed by atoms with Crippen LogP contribution in [0.2, 0.25) is 0 Å². The summed E-state index contributed by atoms with van der Waals surface area (Å²) in [7, 11) is 0. The van der Waals surface area contributed by atoms with E-state index in [0.717, 1.165) is 0 Å². The Labute approximate surface area is 99.2 Å². The second-order valence-corrected chi connectivity index (χ2v) is 3.14. The lowest BCUT2D eigenvalue weighted by molar-refractivity contribution is -0.141. The van der Waals surface area contributed by atoms with E-state index >= 15 is 0 Å². The first kappa shape index (κ1) is 13.9. The predicted octanol–water partition coefficient (Wildman–Crippen LogP) is 1.98. The zero-order valence-electron chi connectivity index (χ0n) is 9.11. The first-order valence-corrected chi connectivity index (χ1v) is 4.75. The number of carboxylic acids is 1. The van der Waals surface area contributed by atoms with Crippen molar-refractivity contribution in [3.8, 4) is 0 Å². The van der Waals surface area contributed by atoms with E-state index in [1.54, 1.807) is 0 Å². The molecule has 0 unspecified atom stereocenters. The number of carbonyl (C=O) groups is 2. The van der Waals surface area contributed by atoms with Crippen molar-refractivity contribution in [2.75, 3.05) is 6.61 Å². The number of aromatic nitrogens is 1. The van der Waals surface area contributed by atoms with Crippen LogP contribution in [-0.2, 0) is 10.9 Å². The monoisotopic (exact) mass is 263 g/mol. The molecule has 0 saturated heterocycles. The van der Waals surface area contributed by atoms with Gasteiger partial charge in [0.1, 0.15) is 0 Å². The van der Waals surface area contributed by atoms with E-state index < -0.39 is 29.4 Å². The van der Waals surface area contributed by atoms with E-state index in [1.165, 1.54) is 6.92 Å². The summed E-state index contributed by atoms with van der Waals surface area (Å²) in [5.41, 5.74) is -2.99. The minimum Gasteiger partial charge on any atom is -0.478 e. The summed E-state index contributed by atoms with van der Waals surface area (Å²) in [6.07, 6.45) is -4.27. The summed E-state index contributed by atoms with van der Waals surface area (Å²) >= 11 is 0. The number of hydrogen-bond donors (Lipinski definition) is 1. The maximum Gasteiger partial charge on any atom is 0.434 e. The maximum atomic E-state index is 12.4. The fourth-order valence-corrected chi connectivity index (χ4v) is 1.18. The molecule has 1 heterocycles. The van der Waals surface area contributed by atoms with Gasteiger partial charge in [0.05, 0.1) is 17.7 Å². The third-order valence-corrected chi connectivity index (χ3v) is 1.90. The lowest BCUT2D eigenvalue weighted by atomic mass is 10.1. The summed E-state index contributed by atoms with van der Waals surface area (Å²) in [6, 6.07) is 0.593. The normalized spacial score (nSPS) is 11.1. The molecule has 0 aliphatic rings. The zero-order chi connectivity index (χ0) is 13.9. The fourth-order valence-electron chi connectivity index (χ4n) is 1.18. The van der Waals surface area contributed by atoms with Crippen LogP contribution in [0.3, 0.4) is 0 Å². The zero-order valence-corrected chi connectivity index (χ0v) is 9.11. The molecule has 1 aromatic rings. The molecule has 18 heavy (non-hydrogen) atoms. The average Bonchev–Trinajstić information content (AvgIpc) is 2.27. The smallest absolute Gasteiger partial charge is 0.434 e. The molecule has 0 spiro atoms. The summed E-state index contributed by atoms with van der Waals surface area (Å²) in [5, 5.41) is 8.67. The molecule has 0 aliphatic carbocycles. The van der Waals surface area contributed by atoms with Crippen molar-refractivity contribution >= 4 is 11.9 Å². The number of hydrogen-bond acceptors (Lipinski definition) is 4. The molecule has 0 aromatic carbocycles. The van der Waals surface area contributed by atoms with Gasteiger partial charge in [0, 0.05) is 6.20 Å². The molecule has 0 bridgehead atoms. The minimum atomic E-state index is -4.90. The van der Waals surface area contributed by atoms with Crippen LogP contribution in [0.15, 0.2) is 12.3 Å². The highest BCUT2D eigenvalue weighted by Gasteiger charge is 2.37. The van der Waals surface area contributed by atoms with Crippen LogP contribution >= 0.6 is 0 Å². The highest BCUT2D eigenvalue weighted by atomic mass is 19.4. The van der Waals surface area contributed by atoms with Crippen LogP contribution < -0.4 is 0 Å². The van der Waals surface area contributed by atoms with E-state index in [9.17, 15) is 22.8 Å². The molecule has 1 N–H and O–H groups in total. The van der Waals surface area contributed by atoms with Crippen molar-refractivity contribution in [3.63, 3.8) is 0 Å². The molecule has 1 rings (SSSR count). The Morgan fingerprint density at radius 3 is 2.50 bits per heavy atom. The number of aromatic carboxylic acids is 1. The molecule has 0 saturated carbocycles. The number of ether oxygens (including phenoxy) is 1. The Morgan fingerprint density at radius 2 is 2.06 bits per heavy atom. The van der Waals surface area contributed by atoms with Crippen LogP contribution in [0.5, 0.6) is 0 Å². The number of alkyl halides is 3. The van der Waals surface area contributed by atoms with E-state index in [1.807, 2.05) is 0 Å². The Bertz CT molecular complexity index is 485. The van der Waals surface area contributed by atoms with Crippen LogP contribution in [0.25, 0.3) is 0 Å². The van der Waals surface area contributed by atoms with Crippen molar-refractivity contribution in [1.29, 1.82) is 0 Å². The Kier molecular flexibility index (Phi) is 3.89. The number of pyridine rings is 1. The number of esters is 1. The van der Waals surface area contributed by atoms with Gasteiger partial charge in [0.2, 0.25) is 0 Å². The van der Waals surface area contributed by atoms with E-state index in [4.69, 9.17) is 5.11 Å². The lowest BCUT2D eigenvalue weighted by Gasteiger charge is -2.10. The van der Waals surface area contributed by atoms with Gasteiger partial charge >= 0.3 is 18.1 Å². The van der Waals surface area contributed by atoms with Gasteiger partial charge < -0.3 is 9.84 Å². The molecule has 1 aromatic heterocycles. The third-order valence-electron chi connectivity index (χ3n) is 1.90. The first-order valence-electron chi connectivity index (χ1n) is 4.75. The second kappa shape index (κ2) is 5.03. The van der Waals surface area contributed by atoms with E-state index in [0.29, 0.717) is 12.3 Å². The maximum absolute atomic E-state index is 12.4. The van der Waals surface area contributed by atoms with Crippen molar-refractivity contribution in [2.24, 2.45) is 0 Å².